The van der Waals surface area contributed by atoms with E-state index >= 15 is 0 Å². The van der Waals surface area contributed by atoms with Crippen LogP contribution in [0.1, 0.15) is 77.3 Å². The molecule has 0 amide bonds. The third kappa shape index (κ3) is 6.53. The lowest BCUT2D eigenvalue weighted by molar-refractivity contribution is 0.0107. The number of hydrogen-bond donors (Lipinski definition) is 1. The molecule has 2 saturated carbocycles. The van der Waals surface area contributed by atoms with E-state index in [2.05, 4.69) is 19.1 Å². The van der Waals surface area contributed by atoms with E-state index in [0.717, 1.165) is 51.9 Å². The van der Waals surface area contributed by atoms with Crippen LogP contribution in [0.4, 0.5) is 0 Å². The fraction of sp³-hybridized carbons (Fsp3) is 0.913. The number of ether oxygens (including phenoxy) is 1. The van der Waals surface area contributed by atoms with Crippen molar-refractivity contribution >= 4 is 10.4 Å². The molecule has 3 fully saturated rings. The van der Waals surface area contributed by atoms with Gasteiger partial charge in [0.2, 0.25) is 0 Å². The Hall–Kier alpha value is -1.31. The van der Waals surface area contributed by atoms with Crippen LogP contribution in [0, 0.1) is 0 Å². The van der Waals surface area contributed by atoms with E-state index in [9.17, 15) is 13.2 Å². The van der Waals surface area contributed by atoms with E-state index in [0.29, 0.717) is 18.2 Å². The number of methoxy groups -OCH3 is 1. The van der Waals surface area contributed by atoms with Gasteiger partial charge < -0.3 is 4.74 Å². The van der Waals surface area contributed by atoms with Crippen LogP contribution in [0.25, 0.3) is 0 Å². The third-order valence-corrected chi connectivity index (χ3v) is 9.02. The Labute approximate surface area is 208 Å². The van der Waals surface area contributed by atoms with E-state index in [1.54, 1.807) is 17.8 Å². The lowest BCUT2D eigenvalue weighted by Gasteiger charge is -2.45. The standard InChI is InChI=1S/C23H41N5O6S/c1-17(18(2)34-35(30,31)32)28-23(29)27(16-24-28)21-6-4-19(5-7-21)25-12-14-26(15-13-25)20-8-10-22(33-3)11-9-20/h16-22H,4-15H2,1-3H3,(H,30,31,32)/t17-,18-,19?,20?,21?,22?/m0/s1. The molecule has 2 atom stereocenters. The molecule has 1 aliphatic heterocycles. The normalized spacial score (nSPS) is 31.3. The maximum atomic E-state index is 13.0. The third-order valence-electron chi connectivity index (χ3n) is 8.47. The summed E-state index contributed by atoms with van der Waals surface area (Å²) in [7, 11) is -2.77. The number of hydrogen-bond acceptors (Lipinski definition) is 8. The van der Waals surface area contributed by atoms with E-state index in [4.69, 9.17) is 9.29 Å². The average molecular weight is 516 g/mol. The Kier molecular flexibility index (Phi) is 8.70. The predicted octanol–water partition coefficient (Wildman–Crippen LogP) is 1.87. The van der Waals surface area contributed by atoms with Gasteiger partial charge in [0.1, 0.15) is 6.33 Å². The first-order valence-electron chi connectivity index (χ1n) is 13.0. The molecule has 0 spiro atoms. The van der Waals surface area contributed by atoms with Gasteiger partial charge in [-0.05, 0) is 65.2 Å². The van der Waals surface area contributed by atoms with Crippen molar-refractivity contribution < 1.29 is 21.9 Å². The second kappa shape index (κ2) is 11.4. The summed E-state index contributed by atoms with van der Waals surface area (Å²) in [6, 6.07) is 0.721. The largest absolute Gasteiger partial charge is 0.397 e. The molecule has 2 aliphatic carbocycles. The number of piperazine rings is 1. The summed E-state index contributed by atoms with van der Waals surface area (Å²) in [5.74, 6) is 0. The zero-order chi connectivity index (χ0) is 25.2. The van der Waals surface area contributed by atoms with Crippen LogP contribution in [0.5, 0.6) is 0 Å². The Morgan fingerprint density at radius 3 is 1.89 bits per heavy atom. The fourth-order valence-electron chi connectivity index (χ4n) is 6.14. The molecule has 4 rings (SSSR count). The SMILES string of the molecule is COC1CCC(N2CCN(C3CCC(n4cnn([C@@H](C)[C@H](C)OS(=O)(=O)O)c4=O)CC3)CC2)CC1. The molecule has 0 unspecified atom stereocenters. The lowest BCUT2D eigenvalue weighted by atomic mass is 9.89. The minimum absolute atomic E-state index is 0.0924. The second-order valence-electron chi connectivity index (χ2n) is 10.4. The molecule has 0 aromatic carbocycles. The first-order valence-corrected chi connectivity index (χ1v) is 14.3. The van der Waals surface area contributed by atoms with Crippen molar-refractivity contribution in [1.29, 1.82) is 0 Å². The van der Waals surface area contributed by atoms with Crippen molar-refractivity contribution in [2.45, 2.75) is 102 Å². The molecule has 200 valence electrons. The van der Waals surface area contributed by atoms with Gasteiger partial charge in [-0.1, -0.05) is 0 Å². The highest BCUT2D eigenvalue weighted by molar-refractivity contribution is 7.80. The topological polar surface area (TPSA) is 119 Å². The molecular weight excluding hydrogens is 474 g/mol. The number of nitrogens with zero attached hydrogens (tertiary/aromatic N) is 5. The van der Waals surface area contributed by atoms with Crippen LogP contribution < -0.4 is 5.69 Å². The molecule has 1 aromatic heterocycles. The minimum atomic E-state index is -4.60. The second-order valence-corrected chi connectivity index (χ2v) is 11.5. The molecule has 1 N–H and O–H groups in total. The van der Waals surface area contributed by atoms with Gasteiger partial charge >= 0.3 is 16.1 Å². The molecule has 12 heteroatoms. The van der Waals surface area contributed by atoms with Crippen molar-refractivity contribution in [3.8, 4) is 0 Å². The van der Waals surface area contributed by atoms with E-state index in [-0.39, 0.29) is 11.7 Å². The molecular formula is C23H41N5O6S. The van der Waals surface area contributed by atoms with E-state index in [1.165, 1.54) is 37.3 Å². The fourth-order valence-corrected chi connectivity index (χ4v) is 6.69. The Balaban J connectivity index is 1.26. The summed E-state index contributed by atoms with van der Waals surface area (Å²) >= 11 is 0. The highest BCUT2D eigenvalue weighted by Gasteiger charge is 2.33. The maximum Gasteiger partial charge on any atom is 0.397 e. The van der Waals surface area contributed by atoms with Crippen LogP contribution in [0.2, 0.25) is 0 Å². The maximum absolute atomic E-state index is 13.0. The van der Waals surface area contributed by atoms with Gasteiger partial charge in [0.05, 0.1) is 18.2 Å². The van der Waals surface area contributed by atoms with Crippen LogP contribution in [-0.4, -0.2) is 94.7 Å². The summed E-state index contributed by atoms with van der Waals surface area (Å²) in [6.45, 7) is 7.63. The molecule has 35 heavy (non-hydrogen) atoms. The van der Waals surface area contributed by atoms with Crippen molar-refractivity contribution in [3.63, 3.8) is 0 Å². The summed E-state index contributed by atoms with van der Waals surface area (Å²) in [5.41, 5.74) is -0.274. The smallest absolute Gasteiger partial charge is 0.381 e. The predicted molar refractivity (Wildman–Crippen MR) is 131 cm³/mol. The van der Waals surface area contributed by atoms with E-state index in [1.807, 2.05) is 7.11 Å². The van der Waals surface area contributed by atoms with Crippen molar-refractivity contribution in [2.75, 3.05) is 33.3 Å². The Morgan fingerprint density at radius 2 is 1.40 bits per heavy atom. The summed E-state index contributed by atoms with van der Waals surface area (Å²) < 4.78 is 44.0. The molecule has 1 aromatic rings. The van der Waals surface area contributed by atoms with Crippen molar-refractivity contribution in [3.05, 3.63) is 16.8 Å². The monoisotopic (exact) mass is 515 g/mol. The molecule has 2 heterocycles. The van der Waals surface area contributed by atoms with Gasteiger partial charge in [0.25, 0.3) is 0 Å². The summed E-state index contributed by atoms with van der Waals surface area (Å²) in [6.07, 6.45) is 9.84. The zero-order valence-corrected chi connectivity index (χ0v) is 22.0. The van der Waals surface area contributed by atoms with Gasteiger partial charge in [-0.25, -0.2) is 13.7 Å². The van der Waals surface area contributed by atoms with Gasteiger partial charge in [0.15, 0.2) is 0 Å². The van der Waals surface area contributed by atoms with Gasteiger partial charge in [-0.15, -0.1) is 0 Å². The van der Waals surface area contributed by atoms with Crippen LogP contribution in [-0.2, 0) is 19.3 Å². The van der Waals surface area contributed by atoms with Gasteiger partial charge in [0, 0.05) is 51.4 Å². The highest BCUT2D eigenvalue weighted by Crippen LogP contribution is 2.32. The Bertz CT molecular complexity index is 973. The summed E-state index contributed by atoms with van der Waals surface area (Å²) in [4.78, 5) is 18.3. The average Bonchev–Trinajstić information content (AvgIpc) is 3.24. The van der Waals surface area contributed by atoms with Gasteiger partial charge in [-0.3, -0.25) is 18.9 Å². The van der Waals surface area contributed by atoms with E-state index < -0.39 is 22.5 Å². The van der Waals surface area contributed by atoms with Crippen molar-refractivity contribution in [1.82, 2.24) is 24.1 Å². The molecule has 0 radical (unpaired) electrons. The first kappa shape index (κ1) is 26.7. The highest BCUT2D eigenvalue weighted by atomic mass is 32.3. The minimum Gasteiger partial charge on any atom is -0.381 e. The molecule has 3 aliphatic rings. The number of rotatable bonds is 8. The molecule has 11 nitrogen and oxygen atoms in total. The first-order chi connectivity index (χ1) is 16.7. The zero-order valence-electron chi connectivity index (χ0n) is 21.2. The molecule has 1 saturated heterocycles. The quantitative estimate of drug-likeness (QED) is 0.518. The summed E-state index contributed by atoms with van der Waals surface area (Å²) in [5, 5.41) is 4.20. The Morgan fingerprint density at radius 1 is 0.914 bits per heavy atom. The van der Waals surface area contributed by atoms with Crippen molar-refractivity contribution in [2.24, 2.45) is 0 Å². The van der Waals surface area contributed by atoms with Crippen LogP contribution in [0.15, 0.2) is 11.1 Å². The van der Waals surface area contributed by atoms with Gasteiger partial charge in [-0.2, -0.15) is 13.5 Å². The van der Waals surface area contributed by atoms with Crippen LogP contribution in [0.3, 0.4) is 0 Å². The van der Waals surface area contributed by atoms with Crippen LogP contribution >= 0.6 is 0 Å². The number of aromatic nitrogens is 3. The molecule has 0 bridgehead atoms. The lowest BCUT2D eigenvalue weighted by Crippen LogP contribution is -2.54.